The lowest BCUT2D eigenvalue weighted by atomic mass is 9.68. The van der Waals surface area contributed by atoms with Crippen molar-refractivity contribution in [3.05, 3.63) is 29.5 Å². The Bertz CT molecular complexity index is 683. The Labute approximate surface area is 124 Å². The molecule has 112 valence electrons. The van der Waals surface area contributed by atoms with E-state index in [0.717, 1.165) is 47.2 Å². The van der Waals surface area contributed by atoms with Crippen molar-refractivity contribution in [2.24, 2.45) is 5.41 Å². The molecule has 0 radical (unpaired) electrons. The van der Waals surface area contributed by atoms with Gasteiger partial charge in [-0.25, -0.2) is 0 Å². The molecular weight excluding hydrogens is 266 g/mol. The molecule has 0 saturated heterocycles. The molecule has 1 saturated carbocycles. The van der Waals surface area contributed by atoms with E-state index in [1.807, 2.05) is 32.0 Å². The fourth-order valence-electron chi connectivity index (χ4n) is 3.00. The van der Waals surface area contributed by atoms with Gasteiger partial charge in [-0.15, -0.1) is 0 Å². The maximum absolute atomic E-state index is 12.5. The lowest BCUT2D eigenvalue weighted by Crippen LogP contribution is -2.45. The van der Waals surface area contributed by atoms with E-state index in [9.17, 15) is 4.79 Å². The summed E-state index contributed by atoms with van der Waals surface area (Å²) in [4.78, 5) is 12.5. The number of furan rings is 1. The highest BCUT2D eigenvalue weighted by Crippen LogP contribution is 2.42. The first-order valence-corrected chi connectivity index (χ1v) is 7.36. The van der Waals surface area contributed by atoms with E-state index >= 15 is 0 Å². The maximum atomic E-state index is 12.5. The number of rotatable bonds is 4. The molecule has 4 heteroatoms. The van der Waals surface area contributed by atoms with Gasteiger partial charge in [0.05, 0.1) is 12.0 Å². The summed E-state index contributed by atoms with van der Waals surface area (Å²) < 4.78 is 10.9. The maximum Gasteiger partial charge on any atom is 0.232 e. The van der Waals surface area contributed by atoms with Gasteiger partial charge in [0.15, 0.2) is 0 Å². The van der Waals surface area contributed by atoms with Crippen molar-refractivity contribution < 1.29 is 13.9 Å². The second-order valence-electron chi connectivity index (χ2n) is 6.02. The molecule has 0 aliphatic heterocycles. The number of fused-ring (bicyclic) bond motifs is 1. The Hall–Kier alpha value is -1.81. The Balaban J connectivity index is 1.84. The van der Waals surface area contributed by atoms with Gasteiger partial charge < -0.3 is 14.5 Å². The third-order valence-corrected chi connectivity index (χ3v) is 4.65. The average Bonchev–Trinajstić information content (AvgIpc) is 2.70. The molecule has 2 aromatic rings. The van der Waals surface area contributed by atoms with Crippen molar-refractivity contribution in [3.8, 4) is 0 Å². The molecule has 1 fully saturated rings. The van der Waals surface area contributed by atoms with E-state index in [-0.39, 0.29) is 11.3 Å². The van der Waals surface area contributed by atoms with E-state index in [0.29, 0.717) is 6.61 Å². The normalized spacial score (nSPS) is 16.7. The van der Waals surface area contributed by atoms with Gasteiger partial charge in [0.2, 0.25) is 5.91 Å². The monoisotopic (exact) mass is 287 g/mol. The lowest BCUT2D eigenvalue weighted by Gasteiger charge is -2.39. The largest absolute Gasteiger partial charge is 0.461 e. The molecule has 1 aliphatic carbocycles. The van der Waals surface area contributed by atoms with Crippen LogP contribution in [0.5, 0.6) is 0 Å². The summed E-state index contributed by atoms with van der Waals surface area (Å²) in [5.74, 6) is 0.983. The number of nitrogens with one attached hydrogen (secondary N) is 1. The van der Waals surface area contributed by atoms with Crippen molar-refractivity contribution in [1.29, 1.82) is 0 Å². The number of aryl methyl sites for hydroxylation is 2. The van der Waals surface area contributed by atoms with Gasteiger partial charge in [0.1, 0.15) is 11.3 Å². The van der Waals surface area contributed by atoms with Crippen LogP contribution >= 0.6 is 0 Å². The van der Waals surface area contributed by atoms with Gasteiger partial charge in [0.25, 0.3) is 0 Å². The van der Waals surface area contributed by atoms with Gasteiger partial charge in [-0.05, 0) is 50.5 Å². The van der Waals surface area contributed by atoms with Crippen molar-refractivity contribution in [2.75, 3.05) is 19.0 Å². The van der Waals surface area contributed by atoms with Gasteiger partial charge in [-0.3, -0.25) is 4.79 Å². The molecule has 21 heavy (non-hydrogen) atoms. The summed E-state index contributed by atoms with van der Waals surface area (Å²) >= 11 is 0. The van der Waals surface area contributed by atoms with Crippen LogP contribution in [0, 0.1) is 19.3 Å². The number of carbonyl (C=O) groups excluding carboxylic acids is 1. The number of amides is 1. The predicted octanol–water partition coefficient (Wildman–Crippen LogP) is 3.80. The summed E-state index contributed by atoms with van der Waals surface area (Å²) in [5.41, 5.74) is 2.46. The number of ether oxygens (including phenoxy) is 1. The van der Waals surface area contributed by atoms with Gasteiger partial charge in [-0.2, -0.15) is 0 Å². The molecule has 1 aromatic heterocycles. The van der Waals surface area contributed by atoms with Gasteiger partial charge >= 0.3 is 0 Å². The molecule has 1 heterocycles. The second-order valence-corrected chi connectivity index (χ2v) is 6.02. The third-order valence-electron chi connectivity index (χ3n) is 4.65. The van der Waals surface area contributed by atoms with Crippen LogP contribution in [0.25, 0.3) is 11.0 Å². The molecule has 4 nitrogen and oxygen atoms in total. The molecular formula is C17H21NO3. The van der Waals surface area contributed by atoms with Crippen molar-refractivity contribution in [3.63, 3.8) is 0 Å². The molecule has 0 bridgehead atoms. The van der Waals surface area contributed by atoms with Gasteiger partial charge in [0, 0.05) is 18.2 Å². The number of carbonyl (C=O) groups is 1. The zero-order chi connectivity index (χ0) is 15.0. The van der Waals surface area contributed by atoms with Crippen LogP contribution in [0.1, 0.15) is 30.6 Å². The van der Waals surface area contributed by atoms with Crippen LogP contribution in [0.3, 0.4) is 0 Å². The van der Waals surface area contributed by atoms with E-state index in [2.05, 4.69) is 5.32 Å². The smallest absolute Gasteiger partial charge is 0.232 e. The summed E-state index contributed by atoms with van der Waals surface area (Å²) in [6, 6.07) is 5.79. The highest BCUT2D eigenvalue weighted by atomic mass is 16.5. The number of hydrogen-bond acceptors (Lipinski definition) is 3. The van der Waals surface area contributed by atoms with E-state index in [1.165, 1.54) is 0 Å². The highest BCUT2D eigenvalue weighted by Gasteiger charge is 2.44. The van der Waals surface area contributed by atoms with E-state index in [4.69, 9.17) is 9.15 Å². The zero-order valence-electron chi connectivity index (χ0n) is 12.8. The molecule has 0 spiro atoms. The van der Waals surface area contributed by atoms with Crippen molar-refractivity contribution in [1.82, 2.24) is 0 Å². The van der Waals surface area contributed by atoms with Crippen LogP contribution in [-0.2, 0) is 9.53 Å². The first kappa shape index (κ1) is 14.1. The Morgan fingerprint density at radius 3 is 2.76 bits per heavy atom. The van der Waals surface area contributed by atoms with Crippen LogP contribution in [0.2, 0.25) is 0 Å². The quantitative estimate of drug-likeness (QED) is 0.930. The number of benzene rings is 1. The standard InChI is InChI=1S/C17H21NO3/c1-11-12(2)21-15-6-5-13(9-14(11)15)18-16(19)17(10-20-3)7-4-8-17/h5-6,9H,4,7-8,10H2,1-3H3,(H,18,19). The van der Waals surface area contributed by atoms with Crippen molar-refractivity contribution >= 4 is 22.6 Å². The van der Waals surface area contributed by atoms with Crippen LogP contribution in [0.15, 0.2) is 22.6 Å². The van der Waals surface area contributed by atoms with Crippen molar-refractivity contribution in [2.45, 2.75) is 33.1 Å². The van der Waals surface area contributed by atoms with E-state index in [1.54, 1.807) is 7.11 Å². The lowest BCUT2D eigenvalue weighted by molar-refractivity contribution is -0.134. The Kier molecular flexibility index (Phi) is 3.49. The summed E-state index contributed by atoms with van der Waals surface area (Å²) in [5, 5.41) is 4.09. The number of hydrogen-bond donors (Lipinski definition) is 1. The topological polar surface area (TPSA) is 51.5 Å². The first-order valence-electron chi connectivity index (χ1n) is 7.36. The molecule has 1 N–H and O–H groups in total. The minimum atomic E-state index is -0.342. The highest BCUT2D eigenvalue weighted by molar-refractivity contribution is 5.98. The summed E-state index contributed by atoms with van der Waals surface area (Å²) in [6.07, 6.45) is 2.90. The van der Waals surface area contributed by atoms with E-state index < -0.39 is 0 Å². The van der Waals surface area contributed by atoms with Gasteiger partial charge in [-0.1, -0.05) is 6.42 Å². The van der Waals surface area contributed by atoms with Crippen LogP contribution < -0.4 is 5.32 Å². The fourth-order valence-corrected chi connectivity index (χ4v) is 3.00. The molecule has 1 amide bonds. The molecule has 0 atom stereocenters. The fraction of sp³-hybridized carbons (Fsp3) is 0.471. The third kappa shape index (κ3) is 2.33. The second kappa shape index (κ2) is 5.19. The average molecular weight is 287 g/mol. The Morgan fingerprint density at radius 1 is 1.38 bits per heavy atom. The molecule has 3 rings (SSSR count). The molecule has 1 aliphatic rings. The zero-order valence-corrected chi connectivity index (χ0v) is 12.8. The van der Waals surface area contributed by atoms with Crippen LogP contribution in [0.4, 0.5) is 5.69 Å². The minimum Gasteiger partial charge on any atom is -0.461 e. The first-order chi connectivity index (χ1) is 10.1. The number of methoxy groups -OCH3 is 1. The summed E-state index contributed by atoms with van der Waals surface area (Å²) in [6.45, 7) is 4.48. The minimum absolute atomic E-state index is 0.0628. The Morgan fingerprint density at radius 2 is 2.14 bits per heavy atom. The summed E-state index contributed by atoms with van der Waals surface area (Å²) in [7, 11) is 1.65. The predicted molar refractivity (Wildman–Crippen MR) is 82.5 cm³/mol. The van der Waals surface area contributed by atoms with Crippen LogP contribution in [-0.4, -0.2) is 19.6 Å². The molecule has 0 unspecified atom stereocenters. The molecule has 1 aromatic carbocycles. The number of anilines is 1. The SMILES string of the molecule is COCC1(C(=O)Nc2ccc3oc(C)c(C)c3c2)CCC1.